The Kier molecular flexibility index (Phi) is 7.54. The van der Waals surface area contributed by atoms with Gasteiger partial charge in [-0.3, -0.25) is 4.79 Å². The Hall–Kier alpha value is -1.26. The van der Waals surface area contributed by atoms with Gasteiger partial charge in [-0.15, -0.1) is 0 Å². The van der Waals surface area contributed by atoms with Crippen molar-refractivity contribution >= 4 is 28.9 Å². The molecule has 0 fully saturated rings. The van der Waals surface area contributed by atoms with Crippen molar-refractivity contribution in [3.8, 4) is 0 Å². The third-order valence-electron chi connectivity index (χ3n) is 3.32. The second-order valence-electron chi connectivity index (χ2n) is 5.87. The standard InChI is InChI=1S/C16H26ClN3O/c1-12(2)8-10-20(3)9-4-5-16(21)19-15-7-6-13(17)11-14(15)18/h6-7,11-12H,4-5,8-10,18H2,1-3H3,(H,19,21). The first kappa shape index (κ1) is 17.8. The Morgan fingerprint density at radius 3 is 2.71 bits per heavy atom. The van der Waals surface area contributed by atoms with Crippen molar-refractivity contribution in [3.05, 3.63) is 23.2 Å². The van der Waals surface area contributed by atoms with Crippen LogP contribution in [0.3, 0.4) is 0 Å². The summed E-state index contributed by atoms with van der Waals surface area (Å²) < 4.78 is 0. The Morgan fingerprint density at radius 1 is 1.38 bits per heavy atom. The molecule has 1 aromatic rings. The number of nitrogen functional groups attached to an aromatic ring is 1. The number of rotatable bonds is 8. The first-order chi connectivity index (χ1) is 9.88. The van der Waals surface area contributed by atoms with E-state index in [1.165, 1.54) is 6.42 Å². The summed E-state index contributed by atoms with van der Waals surface area (Å²) in [6.07, 6.45) is 2.52. The molecule has 0 aliphatic rings. The minimum Gasteiger partial charge on any atom is -0.397 e. The summed E-state index contributed by atoms with van der Waals surface area (Å²) in [5.41, 5.74) is 6.92. The number of benzene rings is 1. The second kappa shape index (κ2) is 8.90. The van der Waals surface area contributed by atoms with Crippen LogP contribution in [0.4, 0.5) is 11.4 Å². The summed E-state index contributed by atoms with van der Waals surface area (Å²) in [5, 5.41) is 3.39. The van der Waals surface area contributed by atoms with E-state index in [0.29, 0.717) is 28.7 Å². The van der Waals surface area contributed by atoms with E-state index in [4.69, 9.17) is 17.3 Å². The Balaban J connectivity index is 2.28. The lowest BCUT2D eigenvalue weighted by Crippen LogP contribution is -2.23. The van der Waals surface area contributed by atoms with E-state index >= 15 is 0 Å². The SMILES string of the molecule is CC(C)CCN(C)CCCC(=O)Nc1ccc(Cl)cc1N. The van der Waals surface area contributed by atoms with Gasteiger partial charge in [0.1, 0.15) is 0 Å². The summed E-state index contributed by atoms with van der Waals surface area (Å²) in [5.74, 6) is 0.699. The fourth-order valence-electron chi connectivity index (χ4n) is 1.96. The van der Waals surface area contributed by atoms with Gasteiger partial charge in [0.25, 0.3) is 0 Å². The molecule has 1 aromatic carbocycles. The molecular weight excluding hydrogens is 286 g/mol. The molecule has 0 aliphatic heterocycles. The van der Waals surface area contributed by atoms with Crippen molar-refractivity contribution in [2.45, 2.75) is 33.1 Å². The van der Waals surface area contributed by atoms with E-state index in [0.717, 1.165) is 19.5 Å². The maximum Gasteiger partial charge on any atom is 0.224 e. The van der Waals surface area contributed by atoms with Crippen molar-refractivity contribution in [1.29, 1.82) is 0 Å². The monoisotopic (exact) mass is 311 g/mol. The van der Waals surface area contributed by atoms with E-state index in [9.17, 15) is 4.79 Å². The lowest BCUT2D eigenvalue weighted by Gasteiger charge is -2.17. The molecule has 21 heavy (non-hydrogen) atoms. The van der Waals surface area contributed by atoms with E-state index in [1.807, 2.05) is 0 Å². The zero-order valence-electron chi connectivity index (χ0n) is 13.2. The predicted molar refractivity (Wildman–Crippen MR) is 90.7 cm³/mol. The summed E-state index contributed by atoms with van der Waals surface area (Å²) in [6.45, 7) is 6.44. The van der Waals surface area contributed by atoms with Crippen LogP contribution < -0.4 is 11.1 Å². The molecule has 0 bridgehead atoms. The van der Waals surface area contributed by atoms with Crippen molar-refractivity contribution in [3.63, 3.8) is 0 Å². The number of nitrogens with one attached hydrogen (secondary N) is 1. The molecule has 118 valence electrons. The minimum absolute atomic E-state index is 0.0127. The van der Waals surface area contributed by atoms with Crippen LogP contribution in [0.2, 0.25) is 5.02 Å². The Morgan fingerprint density at radius 2 is 2.10 bits per heavy atom. The van der Waals surface area contributed by atoms with Crippen LogP contribution in [0.15, 0.2) is 18.2 Å². The van der Waals surface area contributed by atoms with Gasteiger partial charge in [-0.25, -0.2) is 0 Å². The van der Waals surface area contributed by atoms with Crippen molar-refractivity contribution < 1.29 is 4.79 Å². The van der Waals surface area contributed by atoms with Crippen LogP contribution in [0.25, 0.3) is 0 Å². The fourth-order valence-corrected chi connectivity index (χ4v) is 2.14. The Bertz CT molecular complexity index is 463. The number of halogens is 1. The molecule has 0 aromatic heterocycles. The van der Waals surface area contributed by atoms with Gasteiger partial charge in [0.15, 0.2) is 0 Å². The zero-order valence-corrected chi connectivity index (χ0v) is 13.9. The number of amides is 1. The number of nitrogens with zero attached hydrogens (tertiary/aromatic N) is 1. The maximum absolute atomic E-state index is 11.9. The fraction of sp³-hybridized carbons (Fsp3) is 0.562. The molecular formula is C16H26ClN3O. The largest absolute Gasteiger partial charge is 0.397 e. The lowest BCUT2D eigenvalue weighted by atomic mass is 10.1. The zero-order chi connectivity index (χ0) is 15.8. The summed E-state index contributed by atoms with van der Waals surface area (Å²) in [7, 11) is 2.09. The van der Waals surface area contributed by atoms with Crippen LogP contribution in [0, 0.1) is 5.92 Å². The predicted octanol–water partition coefficient (Wildman–Crippen LogP) is 3.62. The topological polar surface area (TPSA) is 58.4 Å². The highest BCUT2D eigenvalue weighted by Crippen LogP contribution is 2.22. The molecule has 1 rings (SSSR count). The van der Waals surface area contributed by atoms with Crippen molar-refractivity contribution in [2.24, 2.45) is 5.92 Å². The summed E-state index contributed by atoms with van der Waals surface area (Å²) in [6, 6.07) is 5.08. The van der Waals surface area contributed by atoms with Gasteiger partial charge in [0, 0.05) is 11.4 Å². The molecule has 1 amide bonds. The number of hydrogen-bond acceptors (Lipinski definition) is 3. The molecule has 3 N–H and O–H groups in total. The van der Waals surface area contributed by atoms with Gasteiger partial charge in [-0.2, -0.15) is 0 Å². The average Bonchev–Trinajstić information content (AvgIpc) is 2.39. The maximum atomic E-state index is 11.9. The van der Waals surface area contributed by atoms with E-state index in [1.54, 1.807) is 18.2 Å². The minimum atomic E-state index is -0.0127. The highest BCUT2D eigenvalue weighted by atomic mass is 35.5. The first-order valence-electron chi connectivity index (χ1n) is 7.42. The van der Waals surface area contributed by atoms with Crippen molar-refractivity contribution in [2.75, 3.05) is 31.2 Å². The molecule has 5 heteroatoms. The van der Waals surface area contributed by atoms with Crippen molar-refractivity contribution in [1.82, 2.24) is 4.90 Å². The Labute approximate surface area is 132 Å². The summed E-state index contributed by atoms with van der Waals surface area (Å²) in [4.78, 5) is 14.1. The molecule has 0 radical (unpaired) electrons. The molecule has 0 atom stereocenters. The van der Waals surface area contributed by atoms with Crippen LogP contribution in [0.5, 0.6) is 0 Å². The molecule has 0 spiro atoms. The van der Waals surface area contributed by atoms with Gasteiger partial charge in [0.05, 0.1) is 11.4 Å². The number of nitrogens with two attached hydrogens (primary N) is 1. The van der Waals surface area contributed by atoms with E-state index in [2.05, 4.69) is 31.1 Å². The number of carbonyl (C=O) groups is 1. The molecule has 0 aliphatic carbocycles. The van der Waals surface area contributed by atoms with Crippen LogP contribution in [-0.4, -0.2) is 30.9 Å². The second-order valence-corrected chi connectivity index (χ2v) is 6.31. The summed E-state index contributed by atoms with van der Waals surface area (Å²) >= 11 is 5.83. The van der Waals surface area contributed by atoms with Gasteiger partial charge < -0.3 is 16.0 Å². The van der Waals surface area contributed by atoms with Crippen LogP contribution in [0.1, 0.15) is 33.1 Å². The number of hydrogen-bond donors (Lipinski definition) is 2. The van der Waals surface area contributed by atoms with Gasteiger partial charge >= 0.3 is 0 Å². The molecule has 0 heterocycles. The third-order valence-corrected chi connectivity index (χ3v) is 3.55. The van der Waals surface area contributed by atoms with Gasteiger partial charge in [0.2, 0.25) is 5.91 Å². The normalized spacial score (nSPS) is 11.1. The molecule has 4 nitrogen and oxygen atoms in total. The molecule has 0 unspecified atom stereocenters. The van der Waals surface area contributed by atoms with E-state index < -0.39 is 0 Å². The quantitative estimate of drug-likeness (QED) is 0.721. The van der Waals surface area contributed by atoms with E-state index in [-0.39, 0.29) is 5.91 Å². The van der Waals surface area contributed by atoms with Gasteiger partial charge in [-0.1, -0.05) is 25.4 Å². The van der Waals surface area contributed by atoms with Crippen LogP contribution >= 0.6 is 11.6 Å². The molecule has 0 saturated carbocycles. The van der Waals surface area contributed by atoms with Gasteiger partial charge in [-0.05, 0) is 57.1 Å². The number of anilines is 2. The first-order valence-corrected chi connectivity index (χ1v) is 7.79. The molecule has 0 saturated heterocycles. The van der Waals surface area contributed by atoms with Crippen LogP contribution in [-0.2, 0) is 4.79 Å². The third kappa shape index (κ3) is 7.34. The number of carbonyl (C=O) groups excluding carboxylic acids is 1. The highest BCUT2D eigenvalue weighted by Gasteiger charge is 2.07. The highest BCUT2D eigenvalue weighted by molar-refractivity contribution is 6.31. The lowest BCUT2D eigenvalue weighted by molar-refractivity contribution is -0.116. The average molecular weight is 312 g/mol. The smallest absolute Gasteiger partial charge is 0.224 e.